The number of fused-ring (bicyclic) bond motifs is 3. The summed E-state index contributed by atoms with van der Waals surface area (Å²) in [6, 6.07) is 66.2. The number of aromatic nitrogens is 3. The molecule has 2 atom stereocenters. The van der Waals surface area contributed by atoms with E-state index < -0.39 is 0 Å². The van der Waals surface area contributed by atoms with Gasteiger partial charge in [-0.1, -0.05) is 121 Å². The molecule has 266 valence electrons. The largest absolute Gasteiger partial charge is 0.365 e. The lowest BCUT2D eigenvalue weighted by Gasteiger charge is -2.36. The minimum absolute atomic E-state index is 0.0743. The normalized spacial score (nSPS) is 14.9. The van der Waals surface area contributed by atoms with Crippen LogP contribution in [0.5, 0.6) is 0 Å². The second-order valence-corrected chi connectivity index (χ2v) is 14.2. The molecule has 0 aliphatic carbocycles. The summed E-state index contributed by atoms with van der Waals surface area (Å²) >= 11 is 0. The molecule has 0 bridgehead atoms. The molecular weight excluding hydrogens is 683 g/mol. The number of anilines is 1. The molecule has 0 saturated carbocycles. The van der Waals surface area contributed by atoms with Crippen LogP contribution in [0.15, 0.2) is 200 Å². The van der Waals surface area contributed by atoms with Crippen LogP contribution in [0.1, 0.15) is 28.9 Å². The van der Waals surface area contributed by atoms with Crippen molar-refractivity contribution in [2.45, 2.75) is 12.2 Å². The first-order valence-electron chi connectivity index (χ1n) is 19.0. The molecule has 1 aliphatic heterocycles. The maximum atomic E-state index is 5.16. The van der Waals surface area contributed by atoms with Crippen molar-refractivity contribution < 1.29 is 0 Å². The van der Waals surface area contributed by atoms with Gasteiger partial charge in [0, 0.05) is 34.6 Å². The minimum Gasteiger partial charge on any atom is -0.365 e. The van der Waals surface area contributed by atoms with Gasteiger partial charge >= 0.3 is 0 Å². The van der Waals surface area contributed by atoms with Crippen LogP contribution < -0.4 is 10.6 Å². The number of pyridine rings is 3. The van der Waals surface area contributed by atoms with Gasteiger partial charge in [-0.2, -0.15) is 0 Å². The second kappa shape index (κ2) is 14.6. The van der Waals surface area contributed by atoms with E-state index in [4.69, 9.17) is 4.98 Å². The molecule has 5 nitrogen and oxygen atoms in total. The van der Waals surface area contributed by atoms with Gasteiger partial charge in [0.15, 0.2) is 0 Å². The third kappa shape index (κ3) is 6.51. The molecule has 10 rings (SSSR count). The summed E-state index contributed by atoms with van der Waals surface area (Å²) in [5, 5.41) is 10.4. The van der Waals surface area contributed by atoms with Crippen LogP contribution in [-0.2, 0) is 0 Å². The molecule has 2 N–H and O–H groups in total. The lowest BCUT2D eigenvalue weighted by atomic mass is 9.88. The van der Waals surface area contributed by atoms with Crippen LogP contribution in [-0.4, -0.2) is 15.0 Å². The average Bonchev–Trinajstić information content (AvgIpc) is 3.29. The molecule has 0 spiro atoms. The number of rotatable bonds is 7. The van der Waals surface area contributed by atoms with Crippen molar-refractivity contribution in [3.05, 3.63) is 217 Å². The van der Waals surface area contributed by atoms with Crippen molar-refractivity contribution in [2.75, 3.05) is 5.32 Å². The van der Waals surface area contributed by atoms with Gasteiger partial charge in [-0.25, -0.2) is 4.98 Å². The molecule has 2 unspecified atom stereocenters. The molecule has 9 aromatic rings. The molecule has 6 aromatic carbocycles. The van der Waals surface area contributed by atoms with E-state index in [1.165, 1.54) is 33.0 Å². The van der Waals surface area contributed by atoms with Gasteiger partial charge in [-0.15, -0.1) is 0 Å². The topological polar surface area (TPSA) is 62.7 Å². The van der Waals surface area contributed by atoms with Gasteiger partial charge in [-0.3, -0.25) is 15.3 Å². The van der Waals surface area contributed by atoms with Crippen molar-refractivity contribution in [1.29, 1.82) is 0 Å². The van der Waals surface area contributed by atoms with E-state index in [2.05, 4.69) is 172 Å². The predicted octanol–water partition coefficient (Wildman–Crippen LogP) is 12.2. The Bertz CT molecular complexity index is 2720. The Kier molecular flexibility index (Phi) is 8.67. The number of nitrogens with zero attached hydrogens (tertiary/aromatic N) is 3. The van der Waals surface area contributed by atoms with E-state index >= 15 is 0 Å². The maximum Gasteiger partial charge on any atom is 0.104 e. The highest BCUT2D eigenvalue weighted by molar-refractivity contribution is 5.96. The SMILES string of the molecule is c1ccc(-c2cccc(C3NC(c4cc(-c5cccc(-c6ccccn6)c5)cc(-c5cccc(-c6ccccn6)n5)c4)Nc4c3ccc3ccccc43)c2)cc1. The molecule has 3 aromatic heterocycles. The fourth-order valence-electron chi connectivity index (χ4n) is 7.89. The van der Waals surface area contributed by atoms with E-state index in [-0.39, 0.29) is 12.2 Å². The highest BCUT2D eigenvalue weighted by Gasteiger charge is 2.30. The van der Waals surface area contributed by atoms with Crippen molar-refractivity contribution in [3.8, 4) is 56.2 Å². The van der Waals surface area contributed by atoms with E-state index in [1.807, 2.05) is 48.8 Å². The summed E-state index contributed by atoms with van der Waals surface area (Å²) in [5.74, 6) is 0. The van der Waals surface area contributed by atoms with Crippen molar-refractivity contribution in [1.82, 2.24) is 20.3 Å². The van der Waals surface area contributed by atoms with E-state index in [1.54, 1.807) is 0 Å². The molecule has 56 heavy (non-hydrogen) atoms. The molecule has 1 aliphatic rings. The molecule has 5 heteroatoms. The van der Waals surface area contributed by atoms with Crippen LogP contribution in [0.2, 0.25) is 0 Å². The van der Waals surface area contributed by atoms with Crippen LogP contribution in [0.4, 0.5) is 5.69 Å². The fourth-order valence-corrected chi connectivity index (χ4v) is 7.89. The summed E-state index contributed by atoms with van der Waals surface area (Å²) in [7, 11) is 0. The zero-order valence-corrected chi connectivity index (χ0v) is 30.5. The van der Waals surface area contributed by atoms with Crippen LogP contribution >= 0.6 is 0 Å². The van der Waals surface area contributed by atoms with E-state index in [0.29, 0.717) is 0 Å². The zero-order valence-electron chi connectivity index (χ0n) is 30.5. The first-order chi connectivity index (χ1) is 27.7. The number of hydrogen-bond acceptors (Lipinski definition) is 5. The molecule has 0 saturated heterocycles. The highest BCUT2D eigenvalue weighted by Crippen LogP contribution is 2.43. The van der Waals surface area contributed by atoms with Gasteiger partial charge in [0.25, 0.3) is 0 Å². The third-order valence-electron chi connectivity index (χ3n) is 10.6. The number of benzene rings is 6. The Morgan fingerprint density at radius 1 is 0.393 bits per heavy atom. The summed E-state index contributed by atoms with van der Waals surface area (Å²) in [6.45, 7) is 0. The predicted molar refractivity (Wildman–Crippen MR) is 229 cm³/mol. The van der Waals surface area contributed by atoms with Crippen LogP contribution in [0.25, 0.3) is 66.9 Å². The Hall–Kier alpha value is -7.21. The molecule has 4 heterocycles. The fraction of sp³-hybridized carbons (Fsp3) is 0.0392. The van der Waals surface area contributed by atoms with Gasteiger partial charge < -0.3 is 5.32 Å². The minimum atomic E-state index is -0.227. The standard InChI is InChI=1S/C51H37N5/c1-2-13-34(14-3-1)36-16-11-19-39(30-36)49-44-26-25-35-15-4-5-20-43(35)50(44)56-51(55-49)42-32-40(37-17-10-18-38(29-37)45-21-6-8-27-52-45)31-41(33-42)46-23-12-24-48(54-46)47-22-7-9-28-53-47/h1-33,49,51,55-56H. The van der Waals surface area contributed by atoms with Gasteiger partial charge in [-0.05, 0) is 111 Å². The second-order valence-electron chi connectivity index (χ2n) is 14.2. The Morgan fingerprint density at radius 2 is 1.02 bits per heavy atom. The summed E-state index contributed by atoms with van der Waals surface area (Å²) < 4.78 is 0. The highest BCUT2D eigenvalue weighted by atomic mass is 15.2. The smallest absolute Gasteiger partial charge is 0.104 e. The van der Waals surface area contributed by atoms with Crippen molar-refractivity contribution in [2.24, 2.45) is 0 Å². The Balaban J connectivity index is 1.14. The number of hydrogen-bond donors (Lipinski definition) is 2. The number of nitrogens with one attached hydrogen (secondary N) is 2. The lowest BCUT2D eigenvalue weighted by molar-refractivity contribution is 0.507. The molecule has 0 amide bonds. The average molecular weight is 720 g/mol. The zero-order chi connectivity index (χ0) is 37.3. The van der Waals surface area contributed by atoms with Crippen molar-refractivity contribution >= 4 is 16.5 Å². The Labute approximate surface area is 326 Å². The van der Waals surface area contributed by atoms with E-state index in [0.717, 1.165) is 56.3 Å². The summed E-state index contributed by atoms with van der Waals surface area (Å²) in [5.41, 5.74) is 14.8. The first-order valence-corrected chi connectivity index (χ1v) is 19.0. The van der Waals surface area contributed by atoms with Gasteiger partial charge in [0.2, 0.25) is 0 Å². The quantitative estimate of drug-likeness (QED) is 0.172. The lowest BCUT2D eigenvalue weighted by Crippen LogP contribution is -2.37. The maximum absolute atomic E-state index is 5.16. The summed E-state index contributed by atoms with van der Waals surface area (Å²) in [4.78, 5) is 14.4. The third-order valence-corrected chi connectivity index (χ3v) is 10.6. The van der Waals surface area contributed by atoms with Crippen molar-refractivity contribution in [3.63, 3.8) is 0 Å². The monoisotopic (exact) mass is 719 g/mol. The van der Waals surface area contributed by atoms with Gasteiger partial charge in [0.05, 0.1) is 28.8 Å². The van der Waals surface area contributed by atoms with Crippen LogP contribution in [0, 0.1) is 0 Å². The molecule has 0 radical (unpaired) electrons. The van der Waals surface area contributed by atoms with E-state index in [9.17, 15) is 0 Å². The summed E-state index contributed by atoms with van der Waals surface area (Å²) in [6.07, 6.45) is 3.43. The molecule has 0 fully saturated rings. The van der Waals surface area contributed by atoms with Gasteiger partial charge in [0.1, 0.15) is 6.17 Å². The van der Waals surface area contributed by atoms with Crippen LogP contribution in [0.3, 0.4) is 0 Å². The Morgan fingerprint density at radius 3 is 1.86 bits per heavy atom. The molecular formula is C51H37N5. The first kappa shape index (κ1) is 33.4.